The molecule has 2 saturated heterocycles. The van der Waals surface area contributed by atoms with Gasteiger partial charge in [-0.1, -0.05) is 0 Å². The van der Waals surface area contributed by atoms with Gasteiger partial charge in [0.15, 0.2) is 0 Å². The van der Waals surface area contributed by atoms with Gasteiger partial charge in [-0.05, 0) is 18.9 Å². The average molecular weight is 278 g/mol. The quantitative estimate of drug-likeness (QED) is 0.867. The lowest BCUT2D eigenvalue weighted by molar-refractivity contribution is -0.132. The number of hydrogen-bond donors (Lipinski definition) is 1. The molecule has 2 aliphatic heterocycles. The molecule has 1 aromatic heterocycles. The highest BCUT2D eigenvalue weighted by Gasteiger charge is 2.29. The van der Waals surface area contributed by atoms with E-state index in [-0.39, 0.29) is 5.91 Å². The zero-order chi connectivity index (χ0) is 13.9. The van der Waals surface area contributed by atoms with Gasteiger partial charge in [-0.2, -0.15) is 5.10 Å². The van der Waals surface area contributed by atoms with E-state index in [0.717, 1.165) is 45.8 Å². The first-order valence-electron chi connectivity index (χ1n) is 7.32. The number of aryl methyl sites for hydroxylation is 1. The monoisotopic (exact) mass is 278 g/mol. The van der Waals surface area contributed by atoms with Crippen LogP contribution in [-0.4, -0.2) is 71.8 Å². The van der Waals surface area contributed by atoms with Gasteiger partial charge in [-0.25, -0.2) is 0 Å². The summed E-state index contributed by atoms with van der Waals surface area (Å²) in [6.07, 6.45) is 2.88. The number of H-pyrrole nitrogens is 1. The standard InChI is InChI=1S/C14H22N4O2/c1-11-8-15-16-14(11)12-2-3-18(9-12)13(19)10-17-4-6-20-7-5-17/h8,12H,2-7,9-10H2,1H3,(H,15,16). The van der Waals surface area contributed by atoms with Crippen molar-refractivity contribution in [3.63, 3.8) is 0 Å². The summed E-state index contributed by atoms with van der Waals surface area (Å²) < 4.78 is 5.31. The second kappa shape index (κ2) is 5.93. The van der Waals surface area contributed by atoms with Crippen molar-refractivity contribution in [1.29, 1.82) is 0 Å². The number of hydrogen-bond acceptors (Lipinski definition) is 4. The van der Waals surface area contributed by atoms with Gasteiger partial charge in [0.2, 0.25) is 5.91 Å². The minimum atomic E-state index is 0.242. The van der Waals surface area contributed by atoms with Crippen LogP contribution in [0.4, 0.5) is 0 Å². The van der Waals surface area contributed by atoms with E-state index in [1.165, 1.54) is 11.3 Å². The molecule has 3 heterocycles. The first-order valence-corrected chi connectivity index (χ1v) is 7.32. The molecule has 2 aliphatic rings. The second-order valence-electron chi connectivity index (χ2n) is 5.68. The third-order valence-corrected chi connectivity index (χ3v) is 4.28. The molecular weight excluding hydrogens is 256 g/mol. The molecule has 2 fully saturated rings. The van der Waals surface area contributed by atoms with Crippen molar-refractivity contribution in [1.82, 2.24) is 20.0 Å². The molecule has 1 aromatic rings. The van der Waals surface area contributed by atoms with E-state index in [1.54, 1.807) is 0 Å². The molecular formula is C14H22N4O2. The first kappa shape index (κ1) is 13.6. The number of nitrogens with one attached hydrogen (secondary N) is 1. The van der Waals surface area contributed by atoms with Crippen molar-refractivity contribution in [2.45, 2.75) is 19.3 Å². The summed E-state index contributed by atoms with van der Waals surface area (Å²) in [6.45, 7) is 7.46. The van der Waals surface area contributed by atoms with Crippen molar-refractivity contribution in [3.05, 3.63) is 17.5 Å². The summed E-state index contributed by atoms with van der Waals surface area (Å²) >= 11 is 0. The Labute approximate surface area is 119 Å². The molecule has 6 nitrogen and oxygen atoms in total. The Balaban J connectivity index is 1.54. The minimum absolute atomic E-state index is 0.242. The van der Waals surface area contributed by atoms with Gasteiger partial charge in [0, 0.05) is 37.8 Å². The number of ether oxygens (including phenoxy) is 1. The predicted molar refractivity (Wildman–Crippen MR) is 74.5 cm³/mol. The molecule has 1 unspecified atom stereocenters. The van der Waals surface area contributed by atoms with Crippen LogP contribution < -0.4 is 0 Å². The van der Waals surface area contributed by atoms with Crippen LogP contribution in [0.25, 0.3) is 0 Å². The number of nitrogens with zero attached hydrogens (tertiary/aromatic N) is 3. The Morgan fingerprint density at radius 1 is 1.45 bits per heavy atom. The van der Waals surface area contributed by atoms with Gasteiger partial charge in [0.05, 0.1) is 26.0 Å². The van der Waals surface area contributed by atoms with Crippen LogP contribution in [0, 0.1) is 6.92 Å². The Bertz CT molecular complexity index is 467. The van der Waals surface area contributed by atoms with Crippen molar-refractivity contribution in [3.8, 4) is 0 Å². The molecule has 1 amide bonds. The fraction of sp³-hybridized carbons (Fsp3) is 0.714. The molecule has 6 heteroatoms. The lowest BCUT2D eigenvalue weighted by atomic mass is 10.0. The molecule has 0 aliphatic carbocycles. The fourth-order valence-electron chi connectivity index (χ4n) is 3.04. The maximum absolute atomic E-state index is 12.3. The summed E-state index contributed by atoms with van der Waals surface area (Å²) in [5, 5.41) is 7.15. The fourth-order valence-corrected chi connectivity index (χ4v) is 3.04. The Morgan fingerprint density at radius 2 is 2.25 bits per heavy atom. The molecule has 3 rings (SSSR count). The van der Waals surface area contributed by atoms with Crippen LogP contribution in [0.15, 0.2) is 6.20 Å². The van der Waals surface area contributed by atoms with Crippen LogP contribution in [-0.2, 0) is 9.53 Å². The van der Waals surface area contributed by atoms with Crippen molar-refractivity contribution in [2.24, 2.45) is 0 Å². The molecule has 1 N–H and O–H groups in total. The lowest BCUT2D eigenvalue weighted by Crippen LogP contribution is -2.44. The van der Waals surface area contributed by atoms with Gasteiger partial charge in [0.1, 0.15) is 0 Å². The Morgan fingerprint density at radius 3 is 2.95 bits per heavy atom. The zero-order valence-electron chi connectivity index (χ0n) is 12.0. The highest BCUT2D eigenvalue weighted by molar-refractivity contribution is 5.78. The number of likely N-dealkylation sites (tertiary alicyclic amines) is 1. The van der Waals surface area contributed by atoms with Gasteiger partial charge in [-0.15, -0.1) is 0 Å². The first-order chi connectivity index (χ1) is 9.74. The number of aromatic amines is 1. The van der Waals surface area contributed by atoms with Crippen LogP contribution in [0.1, 0.15) is 23.6 Å². The van der Waals surface area contributed by atoms with E-state index in [9.17, 15) is 4.79 Å². The summed E-state index contributed by atoms with van der Waals surface area (Å²) in [4.78, 5) is 16.5. The summed E-state index contributed by atoms with van der Waals surface area (Å²) in [6, 6.07) is 0. The summed E-state index contributed by atoms with van der Waals surface area (Å²) in [5.74, 6) is 0.651. The predicted octanol–water partition coefficient (Wildman–Crippen LogP) is 0.366. The summed E-state index contributed by atoms with van der Waals surface area (Å²) in [5.41, 5.74) is 2.38. The average Bonchev–Trinajstić information content (AvgIpc) is 3.08. The molecule has 0 saturated carbocycles. The lowest BCUT2D eigenvalue weighted by Gasteiger charge is -2.28. The SMILES string of the molecule is Cc1cn[nH]c1C1CCN(C(=O)CN2CCOCC2)C1. The summed E-state index contributed by atoms with van der Waals surface area (Å²) in [7, 11) is 0. The van der Waals surface area contributed by atoms with Crippen LogP contribution in [0.3, 0.4) is 0 Å². The van der Waals surface area contributed by atoms with Gasteiger partial charge < -0.3 is 9.64 Å². The van der Waals surface area contributed by atoms with Gasteiger partial charge in [-0.3, -0.25) is 14.8 Å². The number of carbonyl (C=O) groups excluding carboxylic acids is 1. The Hall–Kier alpha value is -1.40. The van der Waals surface area contributed by atoms with Crippen LogP contribution in [0.2, 0.25) is 0 Å². The molecule has 0 spiro atoms. The molecule has 20 heavy (non-hydrogen) atoms. The van der Waals surface area contributed by atoms with E-state index in [1.807, 2.05) is 11.1 Å². The minimum Gasteiger partial charge on any atom is -0.379 e. The smallest absolute Gasteiger partial charge is 0.236 e. The molecule has 0 radical (unpaired) electrons. The Kier molecular flexibility index (Phi) is 4.03. The third kappa shape index (κ3) is 2.86. The van der Waals surface area contributed by atoms with E-state index in [4.69, 9.17) is 4.74 Å². The van der Waals surface area contributed by atoms with Crippen LogP contribution in [0.5, 0.6) is 0 Å². The number of morpholine rings is 1. The van der Waals surface area contributed by atoms with E-state index >= 15 is 0 Å². The van der Waals surface area contributed by atoms with Gasteiger partial charge in [0.25, 0.3) is 0 Å². The van der Waals surface area contributed by atoms with E-state index < -0.39 is 0 Å². The maximum Gasteiger partial charge on any atom is 0.236 e. The maximum atomic E-state index is 12.3. The third-order valence-electron chi connectivity index (χ3n) is 4.28. The number of aromatic nitrogens is 2. The largest absolute Gasteiger partial charge is 0.379 e. The molecule has 110 valence electrons. The molecule has 0 aromatic carbocycles. The molecule has 1 atom stereocenters. The second-order valence-corrected chi connectivity index (χ2v) is 5.68. The van der Waals surface area contributed by atoms with Gasteiger partial charge >= 0.3 is 0 Å². The topological polar surface area (TPSA) is 61.5 Å². The van der Waals surface area contributed by atoms with E-state index in [2.05, 4.69) is 22.0 Å². The highest BCUT2D eigenvalue weighted by Crippen LogP contribution is 2.27. The number of amides is 1. The zero-order valence-corrected chi connectivity index (χ0v) is 12.0. The number of rotatable bonds is 3. The van der Waals surface area contributed by atoms with Crippen molar-refractivity contribution < 1.29 is 9.53 Å². The normalized spacial score (nSPS) is 24.2. The van der Waals surface area contributed by atoms with Crippen molar-refractivity contribution in [2.75, 3.05) is 45.9 Å². The van der Waals surface area contributed by atoms with E-state index in [0.29, 0.717) is 12.5 Å². The highest BCUT2D eigenvalue weighted by atomic mass is 16.5. The van der Waals surface area contributed by atoms with Crippen LogP contribution >= 0.6 is 0 Å². The van der Waals surface area contributed by atoms with Crippen molar-refractivity contribution >= 4 is 5.91 Å². The number of carbonyl (C=O) groups is 1. The molecule has 0 bridgehead atoms.